The molecular weight excluding hydrogens is 544 g/mol. The smallest absolute Gasteiger partial charge is 0.159 e. The Morgan fingerprint density at radius 3 is 1.73 bits per heavy atom. The second kappa shape index (κ2) is 9.20. The highest BCUT2D eigenvalue weighted by molar-refractivity contribution is 5.94. The number of aromatic nitrogens is 2. The van der Waals surface area contributed by atoms with E-state index >= 15 is 0 Å². The normalized spacial score (nSPS) is 16.5. The Balaban J connectivity index is 1.21. The Hall–Kier alpha value is -5.60. The van der Waals surface area contributed by atoms with E-state index in [1.165, 1.54) is 61.2 Å². The first-order chi connectivity index (χ1) is 22.3. The number of hydrogen-bond acceptors (Lipinski definition) is 2. The standard InChI is InChI=1S/C43H28N2/c1-2-12-28(13-3-1)42-44-26-37-34-19-9-11-21-39(34)43(41(37)45-42)38-20-10-8-18-33(38)35-23-22-27(25-40(35)43)24-36-31-16-6-4-14-29(31)30-15-5-7-17-32(30)36/h1-23,25-26,36H,24H2. The van der Waals surface area contributed by atoms with E-state index < -0.39 is 5.41 Å². The van der Waals surface area contributed by atoms with E-state index in [0.717, 1.165) is 29.1 Å². The van der Waals surface area contributed by atoms with Gasteiger partial charge in [-0.25, -0.2) is 9.97 Å². The molecule has 45 heavy (non-hydrogen) atoms. The molecule has 0 saturated heterocycles. The summed E-state index contributed by atoms with van der Waals surface area (Å²) in [5, 5.41) is 0. The van der Waals surface area contributed by atoms with Crippen LogP contribution < -0.4 is 0 Å². The van der Waals surface area contributed by atoms with Crippen LogP contribution in [0.5, 0.6) is 0 Å². The van der Waals surface area contributed by atoms with Crippen LogP contribution in [-0.2, 0) is 11.8 Å². The number of rotatable bonds is 3. The molecule has 3 aliphatic rings. The van der Waals surface area contributed by atoms with Gasteiger partial charge in [0.1, 0.15) is 0 Å². The summed E-state index contributed by atoms with van der Waals surface area (Å²) >= 11 is 0. The third kappa shape index (κ3) is 3.29. The fourth-order valence-corrected chi connectivity index (χ4v) is 8.48. The summed E-state index contributed by atoms with van der Waals surface area (Å²) in [6, 6.07) is 53.3. The Labute approximate surface area is 262 Å². The summed E-state index contributed by atoms with van der Waals surface area (Å²) in [4.78, 5) is 10.4. The molecule has 6 aromatic carbocycles. The minimum absolute atomic E-state index is 0.324. The molecule has 3 aliphatic carbocycles. The second-order valence-electron chi connectivity index (χ2n) is 12.5. The molecule has 0 amide bonds. The van der Waals surface area contributed by atoms with E-state index in [4.69, 9.17) is 9.97 Å². The molecule has 1 unspecified atom stereocenters. The van der Waals surface area contributed by atoms with Crippen LogP contribution in [0.25, 0.3) is 44.8 Å². The summed E-state index contributed by atoms with van der Waals surface area (Å²) in [5.74, 6) is 1.09. The van der Waals surface area contributed by atoms with Crippen molar-refractivity contribution >= 4 is 0 Å². The summed E-state index contributed by atoms with van der Waals surface area (Å²) in [5.41, 5.74) is 17.4. The zero-order valence-corrected chi connectivity index (χ0v) is 24.6. The molecule has 0 N–H and O–H groups in total. The van der Waals surface area contributed by atoms with Crippen molar-refractivity contribution in [3.05, 3.63) is 191 Å². The van der Waals surface area contributed by atoms with E-state index in [-0.39, 0.29) is 0 Å². The first-order valence-electron chi connectivity index (χ1n) is 15.8. The van der Waals surface area contributed by atoms with Gasteiger partial charge in [0.15, 0.2) is 5.82 Å². The molecular formula is C43H28N2. The zero-order chi connectivity index (χ0) is 29.5. The van der Waals surface area contributed by atoms with Crippen molar-refractivity contribution < 1.29 is 0 Å². The largest absolute Gasteiger partial charge is 0.236 e. The minimum atomic E-state index is -0.508. The van der Waals surface area contributed by atoms with Gasteiger partial charge in [-0.05, 0) is 67.6 Å². The van der Waals surface area contributed by atoms with Gasteiger partial charge in [0.25, 0.3) is 0 Å². The van der Waals surface area contributed by atoms with Gasteiger partial charge < -0.3 is 0 Å². The Morgan fingerprint density at radius 1 is 0.489 bits per heavy atom. The van der Waals surface area contributed by atoms with Crippen LogP contribution in [0, 0.1) is 0 Å². The highest BCUT2D eigenvalue weighted by atomic mass is 14.9. The SMILES string of the molecule is c1ccc(-c2ncc3c(n2)C2(c4ccccc4-c4ccc(CC5c6ccccc6-c6ccccc65)cc42)c2ccccc2-3)cc1. The van der Waals surface area contributed by atoms with Crippen LogP contribution >= 0.6 is 0 Å². The molecule has 1 atom stereocenters. The quantitative estimate of drug-likeness (QED) is 0.211. The van der Waals surface area contributed by atoms with Crippen molar-refractivity contribution in [1.29, 1.82) is 0 Å². The third-order valence-corrected chi connectivity index (χ3v) is 10.3. The van der Waals surface area contributed by atoms with Crippen LogP contribution in [0.4, 0.5) is 0 Å². The molecule has 7 aromatic rings. The van der Waals surface area contributed by atoms with Crippen LogP contribution in [0.3, 0.4) is 0 Å². The molecule has 0 bridgehead atoms. The minimum Gasteiger partial charge on any atom is -0.236 e. The fourth-order valence-electron chi connectivity index (χ4n) is 8.48. The van der Waals surface area contributed by atoms with Crippen molar-refractivity contribution in [2.45, 2.75) is 17.8 Å². The lowest BCUT2D eigenvalue weighted by atomic mass is 9.72. The molecule has 2 heteroatoms. The highest BCUT2D eigenvalue weighted by Crippen LogP contribution is 2.62. The lowest BCUT2D eigenvalue weighted by Crippen LogP contribution is -2.27. The van der Waals surface area contributed by atoms with Gasteiger partial charge in [0, 0.05) is 23.2 Å². The number of hydrogen-bond donors (Lipinski definition) is 0. The van der Waals surface area contributed by atoms with E-state index in [9.17, 15) is 0 Å². The maximum atomic E-state index is 5.45. The van der Waals surface area contributed by atoms with Gasteiger partial charge in [-0.15, -0.1) is 0 Å². The first-order valence-corrected chi connectivity index (χ1v) is 15.8. The third-order valence-electron chi connectivity index (χ3n) is 10.3. The van der Waals surface area contributed by atoms with Crippen LogP contribution in [-0.4, -0.2) is 9.97 Å². The van der Waals surface area contributed by atoms with E-state index in [0.29, 0.717) is 5.92 Å². The average Bonchev–Trinajstić information content (AvgIpc) is 3.70. The summed E-state index contributed by atoms with van der Waals surface area (Å²) in [6.45, 7) is 0. The highest BCUT2D eigenvalue weighted by Gasteiger charge is 2.53. The van der Waals surface area contributed by atoms with Gasteiger partial charge >= 0.3 is 0 Å². The molecule has 10 rings (SSSR count). The van der Waals surface area contributed by atoms with Crippen LogP contribution in [0.1, 0.15) is 45.0 Å². The van der Waals surface area contributed by atoms with Gasteiger partial charge in [-0.2, -0.15) is 0 Å². The molecule has 1 aromatic heterocycles. The summed E-state index contributed by atoms with van der Waals surface area (Å²) in [6.07, 6.45) is 3.00. The van der Waals surface area contributed by atoms with Gasteiger partial charge in [-0.1, -0.05) is 146 Å². The summed E-state index contributed by atoms with van der Waals surface area (Å²) < 4.78 is 0. The second-order valence-corrected chi connectivity index (χ2v) is 12.5. The molecule has 0 fully saturated rings. The van der Waals surface area contributed by atoms with E-state index in [1.54, 1.807) is 0 Å². The predicted octanol–water partition coefficient (Wildman–Crippen LogP) is 9.84. The maximum absolute atomic E-state index is 5.45. The molecule has 1 heterocycles. The lowest BCUT2D eigenvalue weighted by Gasteiger charge is -2.30. The Morgan fingerprint density at radius 2 is 1.04 bits per heavy atom. The number of benzene rings is 6. The first kappa shape index (κ1) is 24.8. The van der Waals surface area contributed by atoms with Gasteiger partial charge in [0.2, 0.25) is 0 Å². The summed E-state index contributed by atoms with van der Waals surface area (Å²) in [7, 11) is 0. The molecule has 1 spiro atoms. The number of nitrogens with zero attached hydrogens (tertiary/aromatic N) is 2. The molecule has 210 valence electrons. The van der Waals surface area contributed by atoms with Crippen molar-refractivity contribution in [3.63, 3.8) is 0 Å². The number of fused-ring (bicyclic) bond motifs is 13. The molecule has 0 saturated carbocycles. The topological polar surface area (TPSA) is 25.8 Å². The van der Waals surface area contributed by atoms with Crippen molar-refractivity contribution in [1.82, 2.24) is 9.97 Å². The predicted molar refractivity (Wildman–Crippen MR) is 181 cm³/mol. The average molecular weight is 573 g/mol. The molecule has 0 aliphatic heterocycles. The monoisotopic (exact) mass is 572 g/mol. The maximum Gasteiger partial charge on any atom is 0.159 e. The van der Waals surface area contributed by atoms with Crippen LogP contribution in [0.2, 0.25) is 0 Å². The van der Waals surface area contributed by atoms with Crippen molar-refractivity contribution in [3.8, 4) is 44.8 Å². The van der Waals surface area contributed by atoms with E-state index in [2.05, 4.69) is 146 Å². The van der Waals surface area contributed by atoms with Crippen LogP contribution in [0.15, 0.2) is 152 Å². The molecule has 2 nitrogen and oxygen atoms in total. The Kier molecular flexibility index (Phi) is 5.07. The van der Waals surface area contributed by atoms with Crippen molar-refractivity contribution in [2.75, 3.05) is 0 Å². The van der Waals surface area contributed by atoms with E-state index in [1.807, 2.05) is 6.07 Å². The fraction of sp³-hybridized carbons (Fsp3) is 0.0698. The Bertz CT molecular complexity index is 2260. The lowest BCUT2D eigenvalue weighted by molar-refractivity contribution is 0.752. The van der Waals surface area contributed by atoms with Gasteiger partial charge in [0.05, 0.1) is 11.1 Å². The van der Waals surface area contributed by atoms with Crippen molar-refractivity contribution in [2.24, 2.45) is 0 Å². The molecule has 0 radical (unpaired) electrons. The zero-order valence-electron chi connectivity index (χ0n) is 24.6. The van der Waals surface area contributed by atoms with Gasteiger partial charge in [-0.3, -0.25) is 0 Å².